The normalized spacial score (nSPS) is 14.4. The minimum absolute atomic E-state index is 0.0342. The Morgan fingerprint density at radius 1 is 1.53 bits per heavy atom. The average molecular weight is 259 g/mol. The molecule has 0 amide bonds. The highest BCUT2D eigenvalue weighted by atomic mass is 32.2. The summed E-state index contributed by atoms with van der Waals surface area (Å²) in [5.41, 5.74) is 5.40. The lowest BCUT2D eigenvalue weighted by atomic mass is 10.0. The molecule has 6 heteroatoms. The maximum absolute atomic E-state index is 13.1. The van der Waals surface area contributed by atoms with Crippen molar-refractivity contribution in [2.24, 2.45) is 0 Å². The van der Waals surface area contributed by atoms with E-state index in [2.05, 4.69) is 0 Å². The predicted octanol–water partition coefficient (Wildman–Crippen LogP) is 1.08. The molecule has 1 aromatic carbocycles. The van der Waals surface area contributed by atoms with E-state index >= 15 is 0 Å². The zero-order valence-corrected chi connectivity index (χ0v) is 10.1. The molecule has 2 atom stereocenters. The van der Waals surface area contributed by atoms with Crippen LogP contribution in [0.3, 0.4) is 0 Å². The molecule has 0 aromatic heterocycles. The number of nitrogens with two attached hydrogens (primary N) is 1. The highest BCUT2D eigenvalue weighted by molar-refractivity contribution is 8.13. The Morgan fingerprint density at radius 3 is 2.76 bits per heavy atom. The summed E-state index contributed by atoms with van der Waals surface area (Å²) in [6.45, 7) is 1.36. The minimum Gasteiger partial charge on any atom is -0.396 e. The number of nitrogen functional groups attached to an aromatic ring is 1. The van der Waals surface area contributed by atoms with Gasteiger partial charge in [-0.05, 0) is 6.07 Å². The van der Waals surface area contributed by atoms with Gasteiger partial charge in [-0.15, -0.1) is 0 Å². The Kier molecular flexibility index (Phi) is 4.92. The number of para-hydroxylation sites is 1. The van der Waals surface area contributed by atoms with Crippen LogP contribution in [0.15, 0.2) is 18.2 Å². The quantitative estimate of drug-likeness (QED) is 0.705. The largest absolute Gasteiger partial charge is 0.396 e. The molecule has 0 saturated carbocycles. The molecule has 0 fully saturated rings. The van der Waals surface area contributed by atoms with Gasteiger partial charge in [-0.3, -0.25) is 4.79 Å². The predicted molar refractivity (Wildman–Crippen MR) is 64.9 cm³/mol. The van der Waals surface area contributed by atoms with E-state index in [1.807, 2.05) is 0 Å². The number of benzene rings is 1. The molecule has 0 spiro atoms. The summed E-state index contributed by atoms with van der Waals surface area (Å²) < 4.78 is 13.1. The number of aliphatic hydroxyl groups excluding tert-OH is 2. The summed E-state index contributed by atoms with van der Waals surface area (Å²) in [6.07, 6.45) is -2.48. The van der Waals surface area contributed by atoms with Gasteiger partial charge >= 0.3 is 0 Å². The van der Waals surface area contributed by atoms with Crippen LogP contribution in [0, 0.1) is 5.82 Å². The lowest BCUT2D eigenvalue weighted by Gasteiger charge is -2.19. The van der Waals surface area contributed by atoms with Crippen LogP contribution in [0.1, 0.15) is 18.6 Å². The van der Waals surface area contributed by atoms with Gasteiger partial charge in [0.25, 0.3) is 0 Å². The third-order valence-corrected chi connectivity index (χ3v) is 3.14. The van der Waals surface area contributed by atoms with Crippen LogP contribution in [-0.2, 0) is 4.79 Å². The number of hydrogen-bond donors (Lipinski definition) is 3. The zero-order chi connectivity index (χ0) is 13.0. The summed E-state index contributed by atoms with van der Waals surface area (Å²) in [4.78, 5) is 10.7. The Labute approximate surface area is 103 Å². The van der Waals surface area contributed by atoms with Gasteiger partial charge in [0.1, 0.15) is 11.9 Å². The molecule has 0 aliphatic heterocycles. The first-order chi connectivity index (χ1) is 7.93. The third kappa shape index (κ3) is 3.69. The number of carbonyl (C=O) groups is 1. The van der Waals surface area contributed by atoms with Crippen molar-refractivity contribution in [3.05, 3.63) is 29.6 Å². The van der Waals surface area contributed by atoms with Crippen LogP contribution >= 0.6 is 11.8 Å². The van der Waals surface area contributed by atoms with Gasteiger partial charge in [0.15, 0.2) is 5.12 Å². The fourth-order valence-corrected chi connectivity index (χ4v) is 1.90. The van der Waals surface area contributed by atoms with E-state index in [1.165, 1.54) is 25.1 Å². The average Bonchev–Trinajstić information content (AvgIpc) is 2.28. The van der Waals surface area contributed by atoms with Crippen LogP contribution < -0.4 is 5.73 Å². The molecule has 1 aromatic rings. The van der Waals surface area contributed by atoms with Crippen LogP contribution in [0.2, 0.25) is 0 Å². The van der Waals surface area contributed by atoms with E-state index in [0.29, 0.717) is 0 Å². The minimum atomic E-state index is -1.31. The highest BCUT2D eigenvalue weighted by Gasteiger charge is 2.22. The van der Waals surface area contributed by atoms with Gasteiger partial charge < -0.3 is 15.9 Å². The van der Waals surface area contributed by atoms with Crippen molar-refractivity contribution in [3.8, 4) is 0 Å². The molecule has 0 radical (unpaired) electrons. The maximum atomic E-state index is 13.1. The molecule has 0 saturated heterocycles. The van der Waals surface area contributed by atoms with Crippen molar-refractivity contribution in [3.63, 3.8) is 0 Å². The molecular weight excluding hydrogens is 245 g/mol. The first-order valence-corrected chi connectivity index (χ1v) is 5.95. The molecule has 94 valence electrons. The Balaban J connectivity index is 2.77. The third-order valence-electron chi connectivity index (χ3n) is 2.23. The van der Waals surface area contributed by atoms with Crippen molar-refractivity contribution in [2.75, 3.05) is 11.5 Å². The molecule has 4 N–H and O–H groups in total. The molecular formula is C11H14FNO3S. The molecule has 17 heavy (non-hydrogen) atoms. The summed E-state index contributed by atoms with van der Waals surface area (Å²) in [5, 5.41) is 19.3. The number of anilines is 1. The van der Waals surface area contributed by atoms with E-state index in [4.69, 9.17) is 5.73 Å². The first-order valence-electron chi connectivity index (χ1n) is 4.97. The van der Waals surface area contributed by atoms with E-state index in [1.54, 1.807) is 0 Å². The van der Waals surface area contributed by atoms with E-state index in [0.717, 1.165) is 11.8 Å². The SMILES string of the molecule is CC(=O)SCC(O)C(O)c1cccc(F)c1N. The van der Waals surface area contributed by atoms with Crippen molar-refractivity contribution in [1.82, 2.24) is 0 Å². The van der Waals surface area contributed by atoms with Gasteiger partial charge in [0.05, 0.1) is 11.8 Å². The number of hydrogen-bond acceptors (Lipinski definition) is 5. The molecule has 0 heterocycles. The van der Waals surface area contributed by atoms with Crippen LogP contribution in [0.5, 0.6) is 0 Å². The van der Waals surface area contributed by atoms with Gasteiger partial charge in [0.2, 0.25) is 0 Å². The second kappa shape index (κ2) is 6.00. The fraction of sp³-hybridized carbons (Fsp3) is 0.364. The van der Waals surface area contributed by atoms with Crippen LogP contribution in [-0.4, -0.2) is 27.2 Å². The lowest BCUT2D eigenvalue weighted by Crippen LogP contribution is -2.22. The standard InChI is InChI=1S/C11H14FNO3S/c1-6(14)17-5-9(15)11(16)7-3-2-4-8(12)10(7)13/h2-4,9,11,15-16H,5,13H2,1H3. The molecule has 4 nitrogen and oxygen atoms in total. The van der Waals surface area contributed by atoms with Crippen LogP contribution in [0.4, 0.5) is 10.1 Å². The van der Waals surface area contributed by atoms with E-state index < -0.39 is 18.0 Å². The van der Waals surface area contributed by atoms with E-state index in [-0.39, 0.29) is 22.1 Å². The molecule has 2 unspecified atom stereocenters. The molecule has 1 rings (SSSR count). The van der Waals surface area contributed by atoms with Crippen molar-refractivity contribution < 1.29 is 19.4 Å². The highest BCUT2D eigenvalue weighted by Crippen LogP contribution is 2.26. The summed E-state index contributed by atoms with van der Waals surface area (Å²) >= 11 is 0.889. The number of thioether (sulfide) groups is 1. The number of aliphatic hydroxyl groups is 2. The summed E-state index contributed by atoms with van der Waals surface area (Å²) in [7, 11) is 0. The van der Waals surface area contributed by atoms with Crippen molar-refractivity contribution in [2.45, 2.75) is 19.1 Å². The number of halogens is 1. The van der Waals surface area contributed by atoms with Crippen molar-refractivity contribution >= 4 is 22.6 Å². The first kappa shape index (κ1) is 14.0. The maximum Gasteiger partial charge on any atom is 0.185 e. The Bertz CT molecular complexity index is 414. The van der Waals surface area contributed by atoms with Gasteiger partial charge in [-0.1, -0.05) is 23.9 Å². The Morgan fingerprint density at radius 2 is 2.18 bits per heavy atom. The second-order valence-corrected chi connectivity index (χ2v) is 4.75. The van der Waals surface area contributed by atoms with Gasteiger partial charge in [-0.25, -0.2) is 4.39 Å². The Hall–Kier alpha value is -1.11. The molecule has 0 aliphatic rings. The zero-order valence-electron chi connectivity index (χ0n) is 9.26. The van der Waals surface area contributed by atoms with E-state index in [9.17, 15) is 19.4 Å². The molecule has 0 aliphatic carbocycles. The lowest BCUT2D eigenvalue weighted by molar-refractivity contribution is -0.109. The van der Waals surface area contributed by atoms with Crippen LogP contribution in [0.25, 0.3) is 0 Å². The summed E-state index contributed by atoms with van der Waals surface area (Å²) in [5.74, 6) is -0.611. The number of rotatable bonds is 4. The fourth-order valence-electron chi connectivity index (χ4n) is 1.31. The monoisotopic (exact) mass is 259 g/mol. The smallest absolute Gasteiger partial charge is 0.185 e. The van der Waals surface area contributed by atoms with Crippen molar-refractivity contribution in [1.29, 1.82) is 0 Å². The topological polar surface area (TPSA) is 83.5 Å². The summed E-state index contributed by atoms with van der Waals surface area (Å²) in [6, 6.07) is 4.00. The number of carbonyl (C=O) groups excluding carboxylic acids is 1. The van der Waals surface area contributed by atoms with Gasteiger partial charge in [-0.2, -0.15) is 0 Å². The molecule has 0 bridgehead atoms. The van der Waals surface area contributed by atoms with Gasteiger partial charge in [0, 0.05) is 18.2 Å². The second-order valence-electron chi connectivity index (χ2n) is 3.56.